The molecule has 5 heteroatoms. The van der Waals surface area contributed by atoms with Crippen molar-refractivity contribution >= 4 is 21.8 Å². The van der Waals surface area contributed by atoms with Gasteiger partial charge in [-0.1, -0.05) is 28.1 Å². The summed E-state index contributed by atoms with van der Waals surface area (Å²) >= 11 is 3.46. The van der Waals surface area contributed by atoms with Gasteiger partial charge in [0.25, 0.3) is 0 Å². The van der Waals surface area contributed by atoms with Gasteiger partial charge in [-0.25, -0.2) is 0 Å². The Morgan fingerprint density at radius 3 is 2.80 bits per heavy atom. The molecule has 0 saturated carbocycles. The molecule has 1 heterocycles. The van der Waals surface area contributed by atoms with E-state index in [0.717, 1.165) is 10.0 Å². The van der Waals surface area contributed by atoms with E-state index in [4.69, 9.17) is 4.74 Å². The maximum Gasteiger partial charge on any atom is 0.230 e. The molecule has 4 nitrogen and oxygen atoms in total. The molecule has 2 rings (SSSR count). The minimum absolute atomic E-state index is 0.0280. The molecule has 0 radical (unpaired) electrons. The summed E-state index contributed by atoms with van der Waals surface area (Å²) in [7, 11) is 0. The summed E-state index contributed by atoms with van der Waals surface area (Å²) in [6.45, 7) is 3.09. The quantitative estimate of drug-likeness (QED) is 0.880. The second-order valence-electron chi connectivity index (χ2n) is 5.26. The number of nitrogens with one attached hydrogen (secondary N) is 1. The first-order chi connectivity index (χ1) is 9.54. The number of aliphatic hydroxyl groups is 1. The number of rotatable bonds is 4. The predicted octanol–water partition coefficient (Wildman–Crippen LogP) is 1.99. The number of carbonyl (C=O) groups is 1. The Kier molecular flexibility index (Phi) is 5.18. The maximum absolute atomic E-state index is 12.6. The van der Waals surface area contributed by atoms with Crippen molar-refractivity contribution in [2.24, 2.45) is 0 Å². The third-order valence-corrected chi connectivity index (χ3v) is 4.21. The molecule has 1 amide bonds. The molecule has 1 unspecified atom stereocenters. The molecule has 1 saturated heterocycles. The summed E-state index contributed by atoms with van der Waals surface area (Å²) in [6, 6.07) is 7.87. The lowest BCUT2D eigenvalue weighted by atomic mass is 9.73. The van der Waals surface area contributed by atoms with Gasteiger partial charge in [0.15, 0.2) is 0 Å². The van der Waals surface area contributed by atoms with Crippen LogP contribution in [0.15, 0.2) is 28.7 Å². The lowest BCUT2D eigenvalue weighted by Crippen LogP contribution is -2.49. The Bertz CT molecular complexity index is 470. The maximum atomic E-state index is 12.6. The van der Waals surface area contributed by atoms with Crippen molar-refractivity contribution in [1.29, 1.82) is 0 Å². The van der Waals surface area contributed by atoms with Crippen LogP contribution in [0.25, 0.3) is 0 Å². The van der Waals surface area contributed by atoms with Crippen molar-refractivity contribution in [3.05, 3.63) is 34.3 Å². The first-order valence-corrected chi connectivity index (χ1v) is 7.64. The minimum atomic E-state index is -0.559. The van der Waals surface area contributed by atoms with E-state index >= 15 is 0 Å². The Hall–Kier alpha value is -0.910. The van der Waals surface area contributed by atoms with Gasteiger partial charge in [0.2, 0.25) is 5.91 Å². The fourth-order valence-electron chi connectivity index (χ4n) is 2.56. The zero-order valence-electron chi connectivity index (χ0n) is 11.6. The van der Waals surface area contributed by atoms with Crippen LogP contribution >= 0.6 is 15.9 Å². The number of amides is 1. The van der Waals surface area contributed by atoms with Gasteiger partial charge < -0.3 is 15.2 Å². The van der Waals surface area contributed by atoms with Crippen molar-refractivity contribution in [1.82, 2.24) is 5.32 Å². The molecule has 110 valence electrons. The van der Waals surface area contributed by atoms with Gasteiger partial charge in [-0.3, -0.25) is 4.79 Å². The molecule has 20 heavy (non-hydrogen) atoms. The third kappa shape index (κ3) is 3.40. The van der Waals surface area contributed by atoms with Crippen LogP contribution in [0.4, 0.5) is 0 Å². The van der Waals surface area contributed by atoms with Gasteiger partial charge >= 0.3 is 0 Å². The summed E-state index contributed by atoms with van der Waals surface area (Å²) in [6.07, 6.45) is 0.780. The van der Waals surface area contributed by atoms with Crippen LogP contribution < -0.4 is 5.32 Å². The predicted molar refractivity (Wildman–Crippen MR) is 80.6 cm³/mol. The fourth-order valence-corrected chi connectivity index (χ4v) is 2.96. The molecule has 1 atom stereocenters. The van der Waals surface area contributed by atoms with Crippen LogP contribution in [0.5, 0.6) is 0 Å². The highest BCUT2D eigenvalue weighted by Crippen LogP contribution is 2.36. The second kappa shape index (κ2) is 6.70. The molecule has 0 aromatic heterocycles. The van der Waals surface area contributed by atoms with Crippen molar-refractivity contribution in [3.63, 3.8) is 0 Å². The van der Waals surface area contributed by atoms with Gasteiger partial charge in [0.1, 0.15) is 0 Å². The first-order valence-electron chi connectivity index (χ1n) is 6.85. The molecule has 1 aromatic carbocycles. The normalized spacial score (nSPS) is 19.4. The van der Waals surface area contributed by atoms with Crippen LogP contribution in [0.3, 0.4) is 0 Å². The number of carbonyl (C=O) groups excluding carboxylic acids is 1. The standard InChI is InChI=1S/C15H20BrNO3/c1-11(18)10-17-14(19)15(5-7-20-8-6-15)12-3-2-4-13(16)9-12/h2-4,9,11,18H,5-8,10H2,1H3,(H,17,19). The zero-order valence-corrected chi connectivity index (χ0v) is 13.1. The topological polar surface area (TPSA) is 58.6 Å². The van der Waals surface area contributed by atoms with Crippen molar-refractivity contribution in [2.75, 3.05) is 19.8 Å². The molecule has 0 bridgehead atoms. The van der Waals surface area contributed by atoms with E-state index in [9.17, 15) is 9.90 Å². The zero-order chi connectivity index (χ0) is 14.6. The Labute approximate surface area is 127 Å². The molecule has 0 spiro atoms. The Morgan fingerprint density at radius 2 is 2.20 bits per heavy atom. The van der Waals surface area contributed by atoms with Crippen molar-refractivity contribution < 1.29 is 14.6 Å². The number of hydrogen-bond acceptors (Lipinski definition) is 3. The molecule has 1 aliphatic rings. The fraction of sp³-hybridized carbons (Fsp3) is 0.533. The smallest absolute Gasteiger partial charge is 0.230 e. The van der Waals surface area contributed by atoms with Crippen LogP contribution in [0.2, 0.25) is 0 Å². The van der Waals surface area contributed by atoms with Gasteiger partial charge in [0, 0.05) is 24.2 Å². The van der Waals surface area contributed by atoms with E-state index in [-0.39, 0.29) is 12.5 Å². The summed E-state index contributed by atoms with van der Waals surface area (Å²) in [5, 5.41) is 12.2. The largest absolute Gasteiger partial charge is 0.392 e. The lowest BCUT2D eigenvalue weighted by molar-refractivity contribution is -0.130. The SMILES string of the molecule is CC(O)CNC(=O)C1(c2cccc(Br)c2)CCOCC1. The number of aliphatic hydroxyl groups excluding tert-OH is 1. The molecular formula is C15H20BrNO3. The molecular weight excluding hydrogens is 322 g/mol. The van der Waals surface area contributed by atoms with Crippen LogP contribution in [0.1, 0.15) is 25.3 Å². The number of halogens is 1. The van der Waals surface area contributed by atoms with E-state index < -0.39 is 11.5 Å². The van der Waals surface area contributed by atoms with Gasteiger partial charge in [-0.2, -0.15) is 0 Å². The van der Waals surface area contributed by atoms with E-state index in [1.165, 1.54) is 0 Å². The molecule has 2 N–H and O–H groups in total. The summed E-state index contributed by atoms with van der Waals surface area (Å²) < 4.78 is 6.37. The molecule has 1 aromatic rings. The van der Waals surface area contributed by atoms with Gasteiger partial charge in [0.05, 0.1) is 11.5 Å². The van der Waals surface area contributed by atoms with Crippen molar-refractivity contribution in [3.8, 4) is 0 Å². The van der Waals surface area contributed by atoms with Crippen LogP contribution in [-0.2, 0) is 14.9 Å². The Morgan fingerprint density at radius 1 is 1.50 bits per heavy atom. The number of benzene rings is 1. The summed E-state index contributed by atoms with van der Waals surface area (Å²) in [5.41, 5.74) is 0.440. The Balaban J connectivity index is 2.27. The van der Waals surface area contributed by atoms with Crippen molar-refractivity contribution in [2.45, 2.75) is 31.3 Å². The van der Waals surface area contributed by atoms with Gasteiger partial charge in [-0.15, -0.1) is 0 Å². The first kappa shape index (κ1) is 15.5. The summed E-state index contributed by atoms with van der Waals surface area (Å²) in [5.74, 6) is -0.0280. The number of ether oxygens (including phenoxy) is 1. The molecule has 0 aliphatic carbocycles. The minimum Gasteiger partial charge on any atom is -0.392 e. The highest BCUT2D eigenvalue weighted by atomic mass is 79.9. The highest BCUT2D eigenvalue weighted by molar-refractivity contribution is 9.10. The van der Waals surface area contributed by atoms with E-state index in [2.05, 4.69) is 21.2 Å². The highest BCUT2D eigenvalue weighted by Gasteiger charge is 2.41. The lowest BCUT2D eigenvalue weighted by Gasteiger charge is -2.36. The second-order valence-corrected chi connectivity index (χ2v) is 6.18. The molecule has 1 aliphatic heterocycles. The van der Waals surface area contributed by atoms with E-state index in [1.54, 1.807) is 6.92 Å². The van der Waals surface area contributed by atoms with E-state index in [0.29, 0.717) is 26.1 Å². The average molecular weight is 342 g/mol. The van der Waals surface area contributed by atoms with Gasteiger partial charge in [-0.05, 0) is 37.5 Å². The number of hydrogen-bond donors (Lipinski definition) is 2. The summed E-state index contributed by atoms with van der Waals surface area (Å²) in [4.78, 5) is 12.6. The van der Waals surface area contributed by atoms with Crippen LogP contribution in [-0.4, -0.2) is 36.9 Å². The van der Waals surface area contributed by atoms with E-state index in [1.807, 2.05) is 24.3 Å². The van der Waals surface area contributed by atoms with Crippen LogP contribution in [0, 0.1) is 0 Å². The third-order valence-electron chi connectivity index (χ3n) is 3.72. The molecule has 1 fully saturated rings. The monoisotopic (exact) mass is 341 g/mol. The average Bonchev–Trinajstić information content (AvgIpc) is 2.45.